The summed E-state index contributed by atoms with van der Waals surface area (Å²) in [5, 5.41) is 5.26. The third-order valence-electron chi connectivity index (χ3n) is 1.70. The van der Waals surface area contributed by atoms with E-state index in [9.17, 15) is 4.79 Å². The summed E-state index contributed by atoms with van der Waals surface area (Å²) in [6.45, 7) is 3.75. The zero-order valence-corrected chi connectivity index (χ0v) is 9.23. The van der Waals surface area contributed by atoms with Crippen molar-refractivity contribution in [3.8, 4) is 0 Å². The molecule has 0 fully saturated rings. The number of anilines is 1. The van der Waals surface area contributed by atoms with Crippen LogP contribution in [0.1, 0.15) is 26.0 Å². The normalized spacial score (nSPS) is 12.5. The van der Waals surface area contributed by atoms with E-state index in [1.54, 1.807) is 6.92 Å². The topological polar surface area (TPSA) is 68.0 Å². The van der Waals surface area contributed by atoms with Gasteiger partial charge in [0.15, 0.2) is 5.13 Å². The summed E-state index contributed by atoms with van der Waals surface area (Å²) < 4.78 is 0. The minimum absolute atomic E-state index is 0.192. The van der Waals surface area contributed by atoms with E-state index in [2.05, 4.69) is 17.2 Å². The molecular formula is C9H15N3OS. The number of carbonyl (C=O) groups is 1. The maximum absolute atomic E-state index is 11.2. The fraction of sp³-hybridized carbons (Fsp3) is 0.556. The predicted molar refractivity (Wildman–Crippen MR) is 58.4 cm³/mol. The molecule has 14 heavy (non-hydrogen) atoms. The summed E-state index contributed by atoms with van der Waals surface area (Å²) in [6, 6.07) is -0.492. The molecule has 3 N–H and O–H groups in total. The zero-order chi connectivity index (χ0) is 10.6. The van der Waals surface area contributed by atoms with E-state index in [1.165, 1.54) is 11.3 Å². The van der Waals surface area contributed by atoms with Crippen LogP contribution in [-0.4, -0.2) is 16.9 Å². The Hall–Kier alpha value is -0.940. The molecule has 0 aliphatic carbocycles. The number of carbonyl (C=O) groups excluding carboxylic acids is 1. The number of hydrogen-bond donors (Lipinski definition) is 2. The summed E-state index contributed by atoms with van der Waals surface area (Å²) in [4.78, 5) is 15.5. The standard InChI is InChI=1S/C9H15N3OS/c1-3-4-7-5-14-9(11-7)12-8(13)6(2)10/h5-6H,3-4,10H2,1-2H3,(H,11,12,13)/t6-/m1/s1. The molecule has 1 rings (SSSR count). The Balaban J connectivity index is 2.55. The molecule has 78 valence electrons. The molecule has 1 heterocycles. The highest BCUT2D eigenvalue weighted by atomic mass is 32.1. The van der Waals surface area contributed by atoms with Crippen LogP contribution < -0.4 is 11.1 Å². The van der Waals surface area contributed by atoms with Crippen molar-refractivity contribution >= 4 is 22.4 Å². The Labute approximate surface area is 87.5 Å². The van der Waals surface area contributed by atoms with Crippen molar-refractivity contribution in [2.75, 3.05) is 5.32 Å². The van der Waals surface area contributed by atoms with Crippen molar-refractivity contribution < 1.29 is 4.79 Å². The van der Waals surface area contributed by atoms with Gasteiger partial charge < -0.3 is 11.1 Å². The molecule has 0 unspecified atom stereocenters. The summed E-state index contributed by atoms with van der Waals surface area (Å²) >= 11 is 1.44. The largest absolute Gasteiger partial charge is 0.320 e. The van der Waals surface area contributed by atoms with Crippen LogP contribution in [0.2, 0.25) is 0 Å². The van der Waals surface area contributed by atoms with E-state index in [0.29, 0.717) is 5.13 Å². The minimum atomic E-state index is -0.492. The number of aryl methyl sites for hydroxylation is 1. The van der Waals surface area contributed by atoms with Crippen LogP contribution in [0.5, 0.6) is 0 Å². The van der Waals surface area contributed by atoms with E-state index < -0.39 is 6.04 Å². The molecular weight excluding hydrogens is 198 g/mol. The molecule has 1 aromatic heterocycles. The van der Waals surface area contributed by atoms with Gasteiger partial charge in [0.2, 0.25) is 5.91 Å². The first-order valence-electron chi connectivity index (χ1n) is 4.64. The van der Waals surface area contributed by atoms with Gasteiger partial charge in [-0.3, -0.25) is 4.79 Å². The third kappa shape index (κ3) is 3.08. The monoisotopic (exact) mass is 213 g/mol. The first-order chi connectivity index (χ1) is 6.63. The van der Waals surface area contributed by atoms with Gasteiger partial charge in [-0.25, -0.2) is 4.98 Å². The van der Waals surface area contributed by atoms with Gasteiger partial charge in [0, 0.05) is 5.38 Å². The van der Waals surface area contributed by atoms with Crippen LogP contribution in [0.15, 0.2) is 5.38 Å². The second-order valence-electron chi connectivity index (χ2n) is 3.17. The Morgan fingerprint density at radius 1 is 1.79 bits per heavy atom. The Morgan fingerprint density at radius 3 is 3.07 bits per heavy atom. The fourth-order valence-electron chi connectivity index (χ4n) is 0.955. The average molecular weight is 213 g/mol. The molecule has 0 aromatic carbocycles. The second-order valence-corrected chi connectivity index (χ2v) is 4.03. The van der Waals surface area contributed by atoms with Crippen LogP contribution in [0.3, 0.4) is 0 Å². The molecule has 0 radical (unpaired) electrons. The van der Waals surface area contributed by atoms with Crippen molar-refractivity contribution in [2.24, 2.45) is 5.73 Å². The smallest absolute Gasteiger partial charge is 0.242 e. The molecule has 1 aromatic rings. The number of thiazole rings is 1. The Kier molecular flexibility index (Phi) is 4.03. The number of amides is 1. The first-order valence-corrected chi connectivity index (χ1v) is 5.52. The molecule has 0 aliphatic heterocycles. The second kappa shape index (κ2) is 5.07. The SMILES string of the molecule is CCCc1csc(NC(=O)[C@@H](C)N)n1. The van der Waals surface area contributed by atoms with E-state index in [0.717, 1.165) is 18.5 Å². The fourth-order valence-corrected chi connectivity index (χ4v) is 1.70. The van der Waals surface area contributed by atoms with Crippen LogP contribution in [0.4, 0.5) is 5.13 Å². The molecule has 5 heteroatoms. The van der Waals surface area contributed by atoms with Crippen LogP contribution in [0.25, 0.3) is 0 Å². The molecule has 4 nitrogen and oxygen atoms in total. The van der Waals surface area contributed by atoms with E-state index in [-0.39, 0.29) is 5.91 Å². The zero-order valence-electron chi connectivity index (χ0n) is 8.41. The van der Waals surface area contributed by atoms with Gasteiger partial charge in [0.05, 0.1) is 11.7 Å². The van der Waals surface area contributed by atoms with E-state index in [1.807, 2.05) is 5.38 Å². The highest BCUT2D eigenvalue weighted by Gasteiger charge is 2.09. The van der Waals surface area contributed by atoms with Gasteiger partial charge in [0.25, 0.3) is 0 Å². The highest BCUT2D eigenvalue weighted by Crippen LogP contribution is 2.16. The maximum atomic E-state index is 11.2. The third-order valence-corrected chi connectivity index (χ3v) is 2.51. The minimum Gasteiger partial charge on any atom is -0.320 e. The van der Waals surface area contributed by atoms with Gasteiger partial charge in [-0.1, -0.05) is 13.3 Å². The molecule has 0 aliphatic rings. The number of nitrogens with one attached hydrogen (secondary N) is 1. The van der Waals surface area contributed by atoms with E-state index >= 15 is 0 Å². The van der Waals surface area contributed by atoms with Crippen molar-refractivity contribution in [3.63, 3.8) is 0 Å². The summed E-state index contributed by atoms with van der Waals surface area (Å²) in [5.74, 6) is -0.192. The average Bonchev–Trinajstić information content (AvgIpc) is 2.53. The van der Waals surface area contributed by atoms with Crippen molar-refractivity contribution in [1.29, 1.82) is 0 Å². The maximum Gasteiger partial charge on any atom is 0.242 e. The number of nitrogens with two attached hydrogens (primary N) is 1. The molecule has 1 amide bonds. The molecule has 0 saturated heterocycles. The summed E-state index contributed by atoms with van der Waals surface area (Å²) in [7, 11) is 0. The molecule has 0 bridgehead atoms. The van der Waals surface area contributed by atoms with Gasteiger partial charge in [-0.15, -0.1) is 11.3 Å². The number of nitrogens with zero attached hydrogens (tertiary/aromatic N) is 1. The number of rotatable bonds is 4. The Morgan fingerprint density at radius 2 is 2.50 bits per heavy atom. The number of hydrogen-bond acceptors (Lipinski definition) is 4. The number of aromatic nitrogens is 1. The summed E-state index contributed by atoms with van der Waals surface area (Å²) in [6.07, 6.45) is 2.01. The molecule has 0 saturated carbocycles. The van der Waals surface area contributed by atoms with Crippen LogP contribution >= 0.6 is 11.3 Å². The Bertz CT molecular complexity index is 309. The van der Waals surface area contributed by atoms with Gasteiger partial charge in [-0.05, 0) is 13.3 Å². The van der Waals surface area contributed by atoms with Gasteiger partial charge in [-0.2, -0.15) is 0 Å². The van der Waals surface area contributed by atoms with Gasteiger partial charge >= 0.3 is 0 Å². The lowest BCUT2D eigenvalue weighted by molar-refractivity contribution is -0.117. The highest BCUT2D eigenvalue weighted by molar-refractivity contribution is 7.13. The molecule has 0 spiro atoms. The lowest BCUT2D eigenvalue weighted by Crippen LogP contribution is -2.32. The first kappa shape index (κ1) is 11.1. The molecule has 1 atom stereocenters. The van der Waals surface area contributed by atoms with E-state index in [4.69, 9.17) is 5.73 Å². The van der Waals surface area contributed by atoms with Crippen LogP contribution in [0, 0.1) is 0 Å². The predicted octanol–water partition coefficient (Wildman–Crippen LogP) is 1.38. The lowest BCUT2D eigenvalue weighted by atomic mass is 10.3. The lowest BCUT2D eigenvalue weighted by Gasteiger charge is -2.03. The van der Waals surface area contributed by atoms with Crippen molar-refractivity contribution in [3.05, 3.63) is 11.1 Å². The van der Waals surface area contributed by atoms with Crippen molar-refractivity contribution in [2.45, 2.75) is 32.7 Å². The van der Waals surface area contributed by atoms with Crippen molar-refractivity contribution in [1.82, 2.24) is 4.98 Å². The van der Waals surface area contributed by atoms with Crippen LogP contribution in [-0.2, 0) is 11.2 Å². The summed E-state index contributed by atoms with van der Waals surface area (Å²) in [5.41, 5.74) is 6.44. The quantitative estimate of drug-likeness (QED) is 0.794. The van der Waals surface area contributed by atoms with Gasteiger partial charge in [0.1, 0.15) is 0 Å².